The van der Waals surface area contributed by atoms with Gasteiger partial charge in [-0.3, -0.25) is 19.8 Å². The van der Waals surface area contributed by atoms with E-state index in [0.717, 1.165) is 109 Å². The molecule has 6 aromatic rings. The highest BCUT2D eigenvalue weighted by Gasteiger charge is 2.21. The monoisotopic (exact) mass is 700 g/mol. The Morgan fingerprint density at radius 3 is 1.63 bits per heavy atom. The van der Waals surface area contributed by atoms with Gasteiger partial charge in [0, 0.05) is 67.5 Å². The minimum atomic E-state index is -0.0676. The van der Waals surface area contributed by atoms with Crippen molar-refractivity contribution in [3.63, 3.8) is 0 Å². The molecule has 2 aliphatic rings. The molecule has 2 aliphatic heterocycles. The van der Waals surface area contributed by atoms with Crippen molar-refractivity contribution in [1.29, 1.82) is 0 Å². The Kier molecular flexibility index (Phi) is 13.0. The number of nitrogens with zero attached hydrogens (tertiary/aromatic N) is 4. The van der Waals surface area contributed by atoms with Crippen LogP contribution in [0.15, 0.2) is 121 Å². The number of aliphatic hydroxyl groups excluding tert-OH is 1. The van der Waals surface area contributed by atoms with Crippen LogP contribution in [0, 0.1) is 13.8 Å². The van der Waals surface area contributed by atoms with Gasteiger partial charge in [0.2, 0.25) is 0 Å². The third kappa shape index (κ3) is 10.8. The molecule has 0 aliphatic carbocycles. The summed E-state index contributed by atoms with van der Waals surface area (Å²) in [7, 11) is 0. The molecule has 2 saturated heterocycles. The topological polar surface area (TPSA) is 61.7 Å². The van der Waals surface area contributed by atoms with Crippen LogP contribution in [0.5, 0.6) is 5.75 Å². The number of ether oxygens (including phenoxy) is 1. The van der Waals surface area contributed by atoms with E-state index in [-0.39, 0.29) is 12.2 Å². The Balaban J connectivity index is 0.000000145. The predicted octanol–water partition coefficient (Wildman–Crippen LogP) is 9.43. The number of pyridine rings is 2. The highest BCUT2D eigenvalue weighted by atomic mass is 35.5. The van der Waals surface area contributed by atoms with Gasteiger partial charge in [0.15, 0.2) is 0 Å². The normalized spacial score (nSPS) is 15.8. The summed E-state index contributed by atoms with van der Waals surface area (Å²) < 4.78 is 6.38. The molecule has 264 valence electrons. The van der Waals surface area contributed by atoms with Crippen molar-refractivity contribution in [3.8, 4) is 5.75 Å². The highest BCUT2D eigenvalue weighted by molar-refractivity contribution is 6.35. The number of likely N-dealkylation sites (tertiary alicyclic amines) is 2. The van der Waals surface area contributed by atoms with E-state index in [9.17, 15) is 5.11 Å². The number of benzene rings is 4. The van der Waals surface area contributed by atoms with Crippen molar-refractivity contribution in [2.75, 3.05) is 26.2 Å². The van der Waals surface area contributed by atoms with Gasteiger partial charge in [-0.15, -0.1) is 0 Å². The number of aliphatic hydroxyl groups is 1. The van der Waals surface area contributed by atoms with E-state index in [1.54, 1.807) is 0 Å². The number of aromatic nitrogens is 2. The van der Waals surface area contributed by atoms with Gasteiger partial charge in [0.25, 0.3) is 0 Å². The van der Waals surface area contributed by atoms with E-state index in [1.165, 1.54) is 11.1 Å². The first kappa shape index (κ1) is 36.5. The molecule has 0 bridgehead atoms. The first-order valence-corrected chi connectivity index (χ1v) is 18.5. The number of rotatable bonds is 6. The Hall–Kier alpha value is -4.33. The second-order valence-electron chi connectivity index (χ2n) is 13.6. The molecule has 51 heavy (non-hydrogen) atoms. The molecule has 8 rings (SSSR count). The van der Waals surface area contributed by atoms with E-state index in [4.69, 9.17) is 16.3 Å². The third-order valence-electron chi connectivity index (χ3n) is 9.48. The molecule has 6 nitrogen and oxygen atoms in total. The molecule has 7 heteroatoms. The van der Waals surface area contributed by atoms with Crippen LogP contribution in [-0.2, 0) is 13.1 Å². The number of hydrogen-bond acceptors (Lipinski definition) is 6. The lowest BCUT2D eigenvalue weighted by molar-refractivity contribution is 0.0792. The van der Waals surface area contributed by atoms with Gasteiger partial charge in [0.05, 0.1) is 22.2 Å². The molecule has 0 amide bonds. The van der Waals surface area contributed by atoms with Crippen molar-refractivity contribution in [3.05, 3.63) is 149 Å². The van der Waals surface area contributed by atoms with Gasteiger partial charge in [-0.1, -0.05) is 103 Å². The first-order valence-electron chi connectivity index (χ1n) is 18.1. The lowest BCUT2D eigenvalue weighted by atomic mass is 10.1. The van der Waals surface area contributed by atoms with Crippen molar-refractivity contribution in [2.45, 2.75) is 64.8 Å². The highest BCUT2D eigenvalue weighted by Crippen LogP contribution is 2.28. The van der Waals surface area contributed by atoms with Crippen molar-refractivity contribution < 1.29 is 9.84 Å². The maximum atomic E-state index is 9.37. The zero-order valence-electron chi connectivity index (χ0n) is 29.8. The Labute approximate surface area is 307 Å². The third-order valence-corrected chi connectivity index (χ3v) is 9.80. The van der Waals surface area contributed by atoms with E-state index >= 15 is 0 Å². The smallest absolute Gasteiger partial charge is 0.130 e. The van der Waals surface area contributed by atoms with Crippen molar-refractivity contribution >= 4 is 33.4 Å². The fraction of sp³-hybridized carbons (Fsp3) is 0.318. The largest absolute Gasteiger partial charge is 0.490 e. The molecule has 2 fully saturated rings. The molecule has 0 atom stereocenters. The number of aryl methyl sites for hydroxylation is 2. The molecular formula is C44H49ClN4O2. The van der Waals surface area contributed by atoms with Crippen LogP contribution in [0.3, 0.4) is 0 Å². The average Bonchev–Trinajstić information content (AvgIpc) is 3.15. The summed E-state index contributed by atoms with van der Waals surface area (Å²) in [5.74, 6) is 0.976. The molecule has 4 aromatic carbocycles. The van der Waals surface area contributed by atoms with Crippen LogP contribution in [0.1, 0.15) is 48.2 Å². The lowest BCUT2D eigenvalue weighted by Gasteiger charge is -2.32. The number of hydrogen-bond donors (Lipinski definition) is 1. The SMILES string of the molecule is Cc1cc(Cl)c2ccccc2n1.Cc1cc(OC2CCN(Cc3ccccc3)CC2)c2ccccc2n1.OC1CCN(Cc2ccccc2)CC1. The molecule has 0 saturated carbocycles. The summed E-state index contributed by atoms with van der Waals surface area (Å²) >= 11 is 6.02. The van der Waals surface area contributed by atoms with Gasteiger partial charge in [-0.25, -0.2) is 0 Å². The molecular weight excluding hydrogens is 652 g/mol. The van der Waals surface area contributed by atoms with E-state index in [1.807, 2.05) is 56.3 Å². The number of piperidine rings is 2. The van der Waals surface area contributed by atoms with Gasteiger partial charge in [0.1, 0.15) is 11.9 Å². The van der Waals surface area contributed by atoms with Crippen molar-refractivity contribution in [1.82, 2.24) is 19.8 Å². The van der Waals surface area contributed by atoms with Crippen molar-refractivity contribution in [2.24, 2.45) is 0 Å². The first-order chi connectivity index (χ1) is 24.9. The second kappa shape index (κ2) is 18.2. The molecule has 2 aromatic heterocycles. The van der Waals surface area contributed by atoms with Gasteiger partial charge in [-0.2, -0.15) is 0 Å². The minimum absolute atomic E-state index is 0.0676. The summed E-state index contributed by atoms with van der Waals surface area (Å²) in [4.78, 5) is 13.9. The zero-order chi connectivity index (χ0) is 35.4. The number of para-hydroxylation sites is 2. The van der Waals surface area contributed by atoms with Gasteiger partial charge in [-0.05, 0) is 74.9 Å². The van der Waals surface area contributed by atoms with Crippen LogP contribution in [0.4, 0.5) is 0 Å². The van der Waals surface area contributed by atoms with Gasteiger partial charge >= 0.3 is 0 Å². The molecule has 0 spiro atoms. The van der Waals surface area contributed by atoms with Crippen LogP contribution in [0.25, 0.3) is 21.8 Å². The molecule has 1 N–H and O–H groups in total. The maximum absolute atomic E-state index is 9.37. The van der Waals surface area contributed by atoms with E-state index < -0.39 is 0 Å². The quantitative estimate of drug-likeness (QED) is 0.187. The lowest BCUT2D eigenvalue weighted by Crippen LogP contribution is -2.37. The number of halogens is 1. The van der Waals surface area contributed by atoms with Crippen LogP contribution in [-0.4, -0.2) is 63.3 Å². The summed E-state index contributed by atoms with van der Waals surface area (Å²) in [5, 5.41) is 12.3. The van der Waals surface area contributed by atoms with Crippen LogP contribution in [0.2, 0.25) is 5.02 Å². The summed E-state index contributed by atoms with van der Waals surface area (Å²) in [5.41, 5.74) is 6.69. The Morgan fingerprint density at radius 2 is 1.06 bits per heavy atom. The summed E-state index contributed by atoms with van der Waals surface area (Å²) in [6, 6.07) is 41.3. The van der Waals surface area contributed by atoms with E-state index in [0.29, 0.717) is 0 Å². The molecule has 0 unspecified atom stereocenters. The fourth-order valence-corrected chi connectivity index (χ4v) is 7.07. The van der Waals surface area contributed by atoms with Gasteiger partial charge < -0.3 is 9.84 Å². The maximum Gasteiger partial charge on any atom is 0.130 e. The Bertz CT molecular complexity index is 1960. The minimum Gasteiger partial charge on any atom is -0.490 e. The summed E-state index contributed by atoms with van der Waals surface area (Å²) in [6.07, 6.45) is 4.21. The molecule has 4 heterocycles. The predicted molar refractivity (Wildman–Crippen MR) is 210 cm³/mol. The molecule has 0 radical (unpaired) electrons. The fourth-order valence-electron chi connectivity index (χ4n) is 6.75. The second-order valence-corrected chi connectivity index (χ2v) is 14.0. The van der Waals surface area contributed by atoms with Crippen LogP contribution < -0.4 is 4.74 Å². The zero-order valence-corrected chi connectivity index (χ0v) is 30.6. The average molecular weight is 701 g/mol. The number of fused-ring (bicyclic) bond motifs is 2. The summed E-state index contributed by atoms with van der Waals surface area (Å²) in [6.45, 7) is 10.2. The van der Waals surface area contributed by atoms with E-state index in [2.05, 4.69) is 98.6 Å². The Morgan fingerprint density at radius 1 is 0.608 bits per heavy atom. The van der Waals surface area contributed by atoms with Crippen LogP contribution >= 0.6 is 11.6 Å². The standard InChI is InChI=1S/C22H24N2O.C12H17NO.C10H8ClN/c1-17-15-22(20-9-5-6-10-21(20)23-17)25-19-11-13-24(14-12-19)16-18-7-3-2-4-8-18;14-12-6-8-13(9-7-12)10-11-4-2-1-3-5-11;1-7-6-9(11)8-4-2-3-5-10(8)12-7/h2-10,15,19H,11-14,16H2,1H3;1-5,12,14H,6-10H2;2-6H,1H3.